The zero-order chi connectivity index (χ0) is 29.8. The highest BCUT2D eigenvalue weighted by Crippen LogP contribution is 2.31. The third-order valence-electron chi connectivity index (χ3n) is 5.93. The van der Waals surface area contributed by atoms with Crippen LogP contribution in [0.15, 0.2) is 18.2 Å². The molecule has 0 radical (unpaired) electrons. The van der Waals surface area contributed by atoms with Crippen molar-refractivity contribution >= 4 is 50.5 Å². The number of carbonyl (C=O) groups is 4. The molecular formula is C25H32F3N5O6S. The molecule has 1 aromatic heterocycles. The molecule has 1 aromatic carbocycles. The van der Waals surface area contributed by atoms with Gasteiger partial charge in [-0.3, -0.25) is 19.3 Å². The first kappa shape index (κ1) is 30.9. The van der Waals surface area contributed by atoms with Gasteiger partial charge in [0.05, 0.1) is 16.8 Å². The molecule has 2 aromatic rings. The Morgan fingerprint density at radius 1 is 1.12 bits per heavy atom. The third-order valence-corrected chi connectivity index (χ3v) is 6.86. The fourth-order valence-corrected chi connectivity index (χ4v) is 4.95. The Labute approximate surface area is 233 Å². The number of piperidine rings is 1. The Hall–Kier alpha value is -3.62. The largest absolute Gasteiger partial charge is 0.573 e. The van der Waals surface area contributed by atoms with Crippen LogP contribution in [0.1, 0.15) is 40.5 Å². The van der Waals surface area contributed by atoms with Crippen molar-refractivity contribution in [3.8, 4) is 5.75 Å². The Morgan fingerprint density at radius 3 is 2.35 bits per heavy atom. The molecule has 0 spiro atoms. The second-order valence-corrected chi connectivity index (χ2v) is 11.4. The number of nitrogens with one attached hydrogen (secondary N) is 1. The van der Waals surface area contributed by atoms with E-state index in [1.165, 1.54) is 24.9 Å². The monoisotopic (exact) mass is 587 g/mol. The lowest BCUT2D eigenvalue weighted by Gasteiger charge is -2.38. The minimum absolute atomic E-state index is 0.0627. The van der Waals surface area contributed by atoms with Crippen molar-refractivity contribution in [2.45, 2.75) is 58.5 Å². The number of halogens is 3. The molecule has 1 aliphatic heterocycles. The van der Waals surface area contributed by atoms with E-state index in [0.29, 0.717) is 36.1 Å². The van der Waals surface area contributed by atoms with E-state index in [2.05, 4.69) is 15.0 Å². The summed E-state index contributed by atoms with van der Waals surface area (Å²) in [6.07, 6.45) is -4.55. The molecule has 15 heteroatoms. The van der Waals surface area contributed by atoms with Crippen LogP contribution in [0.2, 0.25) is 0 Å². The van der Waals surface area contributed by atoms with Crippen LogP contribution in [0.4, 0.5) is 23.1 Å². The lowest BCUT2D eigenvalue weighted by atomic mass is 10.0. The zero-order valence-corrected chi connectivity index (χ0v) is 23.6. The fourth-order valence-electron chi connectivity index (χ4n) is 4.04. The fraction of sp³-hybridized carbons (Fsp3) is 0.560. The molecule has 1 saturated heterocycles. The highest BCUT2D eigenvalue weighted by molar-refractivity contribution is 7.22. The average molecular weight is 588 g/mol. The van der Waals surface area contributed by atoms with Crippen LogP contribution in [-0.4, -0.2) is 94.7 Å². The summed E-state index contributed by atoms with van der Waals surface area (Å²) in [5, 5.41) is 2.68. The van der Waals surface area contributed by atoms with E-state index in [1.54, 1.807) is 25.7 Å². The highest BCUT2D eigenvalue weighted by Gasteiger charge is 2.34. The van der Waals surface area contributed by atoms with Crippen LogP contribution < -0.4 is 10.1 Å². The van der Waals surface area contributed by atoms with Gasteiger partial charge in [0, 0.05) is 39.2 Å². The number of hydrogen-bond donors (Lipinski definition) is 1. The summed E-state index contributed by atoms with van der Waals surface area (Å²) in [5.41, 5.74) is -0.427. The second-order valence-electron chi connectivity index (χ2n) is 10.3. The molecule has 3 rings (SSSR count). The first-order valence-electron chi connectivity index (χ1n) is 12.5. The van der Waals surface area contributed by atoms with E-state index >= 15 is 0 Å². The summed E-state index contributed by atoms with van der Waals surface area (Å²) in [5.74, 6) is -1.56. The van der Waals surface area contributed by atoms with Crippen molar-refractivity contribution in [1.82, 2.24) is 19.7 Å². The van der Waals surface area contributed by atoms with Crippen LogP contribution in [0.3, 0.4) is 0 Å². The molecule has 220 valence electrons. The molecule has 0 bridgehead atoms. The maximum absolute atomic E-state index is 13.0. The van der Waals surface area contributed by atoms with Gasteiger partial charge in [-0.1, -0.05) is 11.3 Å². The van der Waals surface area contributed by atoms with E-state index in [9.17, 15) is 32.3 Å². The maximum Gasteiger partial charge on any atom is 0.573 e. The topological polar surface area (TPSA) is 121 Å². The summed E-state index contributed by atoms with van der Waals surface area (Å²) in [7, 11) is 1.41. The van der Waals surface area contributed by atoms with Crippen molar-refractivity contribution in [3.05, 3.63) is 18.2 Å². The number of carbonyl (C=O) groups excluding carboxylic acids is 4. The minimum Gasteiger partial charge on any atom is -0.444 e. The number of rotatable bonds is 7. The third kappa shape index (κ3) is 8.96. The van der Waals surface area contributed by atoms with Crippen molar-refractivity contribution in [3.63, 3.8) is 0 Å². The quantitative estimate of drug-likeness (QED) is 0.523. The first-order chi connectivity index (χ1) is 18.5. The Balaban J connectivity index is 1.62. The normalized spacial score (nSPS) is 14.6. The lowest BCUT2D eigenvalue weighted by molar-refractivity contribution is -0.274. The predicted molar refractivity (Wildman–Crippen MR) is 141 cm³/mol. The number of thiazole rings is 1. The molecule has 0 aliphatic carbocycles. The number of alkyl halides is 3. The van der Waals surface area contributed by atoms with Gasteiger partial charge in [-0.05, 0) is 45.7 Å². The van der Waals surface area contributed by atoms with Gasteiger partial charge < -0.3 is 24.6 Å². The zero-order valence-electron chi connectivity index (χ0n) is 22.8. The van der Waals surface area contributed by atoms with Crippen LogP contribution in [-0.2, 0) is 19.1 Å². The number of likely N-dealkylation sites (tertiary alicyclic amines) is 1. The molecule has 11 nitrogen and oxygen atoms in total. The van der Waals surface area contributed by atoms with Crippen LogP contribution in [0.5, 0.6) is 5.75 Å². The Morgan fingerprint density at radius 2 is 1.77 bits per heavy atom. The number of fused-ring (bicyclic) bond motifs is 1. The number of amides is 4. The number of hydrogen-bond acceptors (Lipinski definition) is 8. The molecule has 40 heavy (non-hydrogen) atoms. The first-order valence-corrected chi connectivity index (χ1v) is 13.3. The van der Waals surface area contributed by atoms with Gasteiger partial charge in [0.25, 0.3) is 0 Å². The highest BCUT2D eigenvalue weighted by atomic mass is 32.1. The smallest absolute Gasteiger partial charge is 0.444 e. The van der Waals surface area contributed by atoms with Crippen molar-refractivity contribution in [2.24, 2.45) is 0 Å². The van der Waals surface area contributed by atoms with Crippen molar-refractivity contribution in [2.75, 3.05) is 38.5 Å². The Kier molecular flexibility index (Phi) is 9.48. The number of likely N-dealkylation sites (N-methyl/N-ethyl adjacent to an activating group) is 1. The molecule has 1 fully saturated rings. The summed E-state index contributed by atoms with van der Waals surface area (Å²) < 4.78 is 47.2. The summed E-state index contributed by atoms with van der Waals surface area (Å²) >= 11 is 0.951. The molecule has 0 atom stereocenters. The second kappa shape index (κ2) is 12.3. The lowest BCUT2D eigenvalue weighted by Crippen LogP contribution is -2.53. The Bertz CT molecular complexity index is 1250. The standard InChI is InChI=1S/C25H32F3N5O6S/c1-15(34)32-10-8-16(9-11-32)33(23(37)39-24(2,3)4)14-21(36)31(5)13-20(35)30-22-29-18-7-6-17(12-19(18)40-22)38-25(26,27)28/h6-7,12,16H,8-11,13-14H2,1-5H3,(H,29,30,35). The SMILES string of the molecule is CC(=O)N1CCC(N(CC(=O)N(C)CC(=O)Nc2nc3ccc(OC(F)(F)F)cc3s2)C(=O)OC(C)(C)C)CC1. The van der Waals surface area contributed by atoms with Crippen molar-refractivity contribution in [1.29, 1.82) is 0 Å². The van der Waals surface area contributed by atoms with Crippen LogP contribution in [0.25, 0.3) is 10.2 Å². The minimum atomic E-state index is -4.84. The van der Waals surface area contributed by atoms with Gasteiger partial charge in [-0.25, -0.2) is 9.78 Å². The van der Waals surface area contributed by atoms with Crippen LogP contribution >= 0.6 is 11.3 Å². The van der Waals surface area contributed by atoms with Gasteiger partial charge in [-0.15, -0.1) is 13.2 Å². The molecule has 1 aliphatic rings. The number of nitrogens with zero attached hydrogens (tertiary/aromatic N) is 4. The van der Waals surface area contributed by atoms with Gasteiger partial charge in [-0.2, -0.15) is 0 Å². The maximum atomic E-state index is 13.0. The molecule has 0 saturated carbocycles. The van der Waals surface area contributed by atoms with E-state index in [1.807, 2.05) is 0 Å². The molecule has 4 amide bonds. The van der Waals surface area contributed by atoms with E-state index in [0.717, 1.165) is 28.4 Å². The molecule has 0 unspecified atom stereocenters. The summed E-state index contributed by atoms with van der Waals surface area (Å²) in [4.78, 5) is 58.7. The van der Waals surface area contributed by atoms with Crippen molar-refractivity contribution < 1.29 is 41.8 Å². The average Bonchev–Trinajstić information content (AvgIpc) is 3.21. The number of benzene rings is 1. The number of ether oxygens (including phenoxy) is 2. The summed E-state index contributed by atoms with van der Waals surface area (Å²) in [6, 6.07) is 3.29. The van der Waals surface area contributed by atoms with Gasteiger partial charge >= 0.3 is 12.5 Å². The van der Waals surface area contributed by atoms with Gasteiger partial charge in [0.15, 0.2) is 5.13 Å². The number of anilines is 1. The molecular weight excluding hydrogens is 555 g/mol. The number of aromatic nitrogens is 1. The van der Waals surface area contributed by atoms with E-state index in [-0.39, 0.29) is 30.2 Å². The van der Waals surface area contributed by atoms with Gasteiger partial charge in [0.1, 0.15) is 17.9 Å². The van der Waals surface area contributed by atoms with E-state index in [4.69, 9.17) is 4.74 Å². The van der Waals surface area contributed by atoms with Gasteiger partial charge in [0.2, 0.25) is 17.7 Å². The summed E-state index contributed by atoms with van der Waals surface area (Å²) in [6.45, 7) is 6.82. The van der Waals surface area contributed by atoms with E-state index < -0.39 is 35.6 Å². The molecule has 1 N–H and O–H groups in total. The van der Waals surface area contributed by atoms with Crippen LogP contribution in [0, 0.1) is 0 Å². The predicted octanol–water partition coefficient (Wildman–Crippen LogP) is 3.84. The molecule has 2 heterocycles.